The van der Waals surface area contributed by atoms with Crippen molar-refractivity contribution in [2.75, 3.05) is 11.9 Å². The number of carbonyl (C=O) groups is 3. The fourth-order valence-corrected chi connectivity index (χ4v) is 3.41. The molecule has 0 bridgehead atoms. The van der Waals surface area contributed by atoms with Crippen LogP contribution in [0.4, 0.5) is 5.69 Å². The molecule has 0 radical (unpaired) electrons. The third-order valence-electron chi connectivity index (χ3n) is 4.08. The summed E-state index contributed by atoms with van der Waals surface area (Å²) in [5.41, 5.74) is 1.95. The first-order chi connectivity index (χ1) is 14.3. The van der Waals surface area contributed by atoms with Crippen LogP contribution in [0.3, 0.4) is 0 Å². The first-order valence-electron chi connectivity index (χ1n) is 9.36. The highest BCUT2D eigenvalue weighted by atomic mass is 32.1. The highest BCUT2D eigenvalue weighted by molar-refractivity contribution is 7.13. The van der Waals surface area contributed by atoms with Crippen LogP contribution >= 0.6 is 11.3 Å². The maximum Gasteiger partial charge on any atom is 0.358 e. The Morgan fingerprint density at radius 2 is 1.93 bits per heavy atom. The van der Waals surface area contributed by atoms with Crippen molar-refractivity contribution in [3.05, 3.63) is 53.3 Å². The molecule has 0 fully saturated rings. The fourth-order valence-electron chi connectivity index (χ4n) is 2.64. The fraction of sp³-hybridized carbons (Fsp3) is 0.286. The minimum atomic E-state index is -0.660. The van der Waals surface area contributed by atoms with Gasteiger partial charge in [0, 0.05) is 41.9 Å². The topological polar surface area (TPSA) is 103 Å². The Labute approximate surface area is 177 Å². The maximum atomic E-state index is 12.3. The lowest BCUT2D eigenvalue weighted by molar-refractivity contribution is -0.116. The minimum Gasteiger partial charge on any atom is -0.453 e. The summed E-state index contributed by atoms with van der Waals surface area (Å²) in [6.45, 7) is 3.54. The van der Waals surface area contributed by atoms with Crippen LogP contribution in [-0.4, -0.2) is 39.0 Å². The van der Waals surface area contributed by atoms with Crippen molar-refractivity contribution >= 4 is 34.7 Å². The second-order valence-corrected chi connectivity index (χ2v) is 8.02. The van der Waals surface area contributed by atoms with E-state index in [1.54, 1.807) is 53.8 Å². The van der Waals surface area contributed by atoms with Crippen molar-refractivity contribution in [2.24, 2.45) is 13.0 Å². The van der Waals surface area contributed by atoms with Gasteiger partial charge in [0.1, 0.15) is 5.01 Å². The quantitative estimate of drug-likeness (QED) is 0.436. The number of amides is 1. The molecule has 1 amide bonds. The van der Waals surface area contributed by atoms with Crippen molar-refractivity contribution in [1.29, 1.82) is 0 Å². The summed E-state index contributed by atoms with van der Waals surface area (Å²) in [5.74, 6) is -0.816. The number of ketones is 1. The van der Waals surface area contributed by atoms with Gasteiger partial charge in [-0.2, -0.15) is 5.10 Å². The number of carbonyl (C=O) groups excluding carboxylic acids is 3. The van der Waals surface area contributed by atoms with Gasteiger partial charge < -0.3 is 10.1 Å². The smallest absolute Gasteiger partial charge is 0.358 e. The van der Waals surface area contributed by atoms with Crippen molar-refractivity contribution in [3.8, 4) is 10.6 Å². The SMILES string of the molecule is CC(C)CC(=O)Nc1ccc(C(=O)COC(=O)c2csc(-c3cnn(C)c3)n2)cc1. The molecule has 3 rings (SSSR count). The molecule has 0 saturated carbocycles. The summed E-state index contributed by atoms with van der Waals surface area (Å²) < 4.78 is 6.75. The summed E-state index contributed by atoms with van der Waals surface area (Å²) in [7, 11) is 1.80. The molecule has 1 aromatic carbocycles. The predicted octanol–water partition coefficient (Wildman–Crippen LogP) is 3.57. The number of hydrogen-bond donors (Lipinski definition) is 1. The van der Waals surface area contributed by atoms with Crippen LogP contribution in [0.1, 0.15) is 41.1 Å². The van der Waals surface area contributed by atoms with Gasteiger partial charge in [-0.3, -0.25) is 14.3 Å². The standard InChI is InChI=1S/C21H22N4O4S/c1-13(2)8-19(27)23-16-6-4-14(5-7-16)18(26)11-29-21(28)17-12-30-20(24-17)15-9-22-25(3)10-15/h4-7,9-10,12-13H,8,11H2,1-3H3,(H,23,27). The molecule has 0 unspecified atom stereocenters. The van der Waals surface area contributed by atoms with E-state index >= 15 is 0 Å². The molecular formula is C21H22N4O4S. The third kappa shape index (κ3) is 5.60. The molecule has 156 valence electrons. The maximum absolute atomic E-state index is 12.3. The van der Waals surface area contributed by atoms with Gasteiger partial charge in [-0.05, 0) is 30.2 Å². The summed E-state index contributed by atoms with van der Waals surface area (Å²) in [6, 6.07) is 6.47. The average Bonchev–Trinajstić information content (AvgIpc) is 3.35. The van der Waals surface area contributed by atoms with E-state index in [0.29, 0.717) is 22.7 Å². The molecule has 0 aliphatic rings. The molecule has 0 aliphatic carbocycles. The van der Waals surface area contributed by atoms with Gasteiger partial charge in [-0.15, -0.1) is 11.3 Å². The summed E-state index contributed by atoms with van der Waals surface area (Å²) in [5, 5.41) is 9.09. The Morgan fingerprint density at radius 3 is 2.57 bits per heavy atom. The number of ether oxygens (including phenoxy) is 1. The summed E-state index contributed by atoms with van der Waals surface area (Å²) in [6.07, 6.45) is 3.88. The van der Waals surface area contributed by atoms with Crippen LogP contribution < -0.4 is 5.32 Å². The van der Waals surface area contributed by atoms with Gasteiger partial charge in [0.05, 0.1) is 6.20 Å². The molecule has 8 nitrogen and oxygen atoms in total. The summed E-state index contributed by atoms with van der Waals surface area (Å²) >= 11 is 1.30. The van der Waals surface area contributed by atoms with Gasteiger partial charge in [-0.1, -0.05) is 13.8 Å². The van der Waals surface area contributed by atoms with E-state index in [4.69, 9.17) is 4.74 Å². The first-order valence-corrected chi connectivity index (χ1v) is 10.2. The van der Waals surface area contributed by atoms with Gasteiger partial charge in [0.2, 0.25) is 5.91 Å². The monoisotopic (exact) mass is 426 g/mol. The van der Waals surface area contributed by atoms with E-state index in [-0.39, 0.29) is 23.3 Å². The number of aryl methyl sites for hydroxylation is 1. The minimum absolute atomic E-state index is 0.0769. The Bertz CT molecular complexity index is 1050. The molecule has 0 spiro atoms. The number of esters is 1. The second kappa shape index (κ2) is 9.45. The molecule has 3 aromatic rings. The third-order valence-corrected chi connectivity index (χ3v) is 4.98. The van der Waals surface area contributed by atoms with Crippen molar-refractivity contribution < 1.29 is 19.1 Å². The zero-order chi connectivity index (χ0) is 21.7. The normalized spacial score (nSPS) is 10.8. The van der Waals surface area contributed by atoms with E-state index in [1.807, 2.05) is 13.8 Å². The van der Waals surface area contributed by atoms with E-state index in [9.17, 15) is 14.4 Å². The Hall–Kier alpha value is -3.33. The van der Waals surface area contributed by atoms with Crippen LogP contribution in [0.5, 0.6) is 0 Å². The van der Waals surface area contributed by atoms with E-state index in [2.05, 4.69) is 15.4 Å². The number of nitrogens with zero attached hydrogens (tertiary/aromatic N) is 3. The number of thiazole rings is 1. The number of anilines is 1. The molecule has 2 heterocycles. The zero-order valence-corrected chi connectivity index (χ0v) is 17.7. The zero-order valence-electron chi connectivity index (χ0n) is 16.9. The molecule has 0 aliphatic heterocycles. The largest absolute Gasteiger partial charge is 0.453 e. The Morgan fingerprint density at radius 1 is 1.20 bits per heavy atom. The molecule has 0 atom stereocenters. The lowest BCUT2D eigenvalue weighted by atomic mass is 10.1. The lowest BCUT2D eigenvalue weighted by Crippen LogP contribution is -2.15. The molecular weight excluding hydrogens is 404 g/mol. The second-order valence-electron chi connectivity index (χ2n) is 7.16. The van der Waals surface area contributed by atoms with Gasteiger partial charge in [0.25, 0.3) is 0 Å². The molecule has 9 heteroatoms. The van der Waals surface area contributed by atoms with Gasteiger partial charge in [0.15, 0.2) is 18.1 Å². The number of benzene rings is 1. The lowest BCUT2D eigenvalue weighted by Gasteiger charge is -2.08. The Balaban J connectivity index is 1.53. The van der Waals surface area contributed by atoms with Crippen molar-refractivity contribution in [2.45, 2.75) is 20.3 Å². The van der Waals surface area contributed by atoms with Crippen molar-refractivity contribution in [1.82, 2.24) is 14.8 Å². The highest BCUT2D eigenvalue weighted by Gasteiger charge is 2.16. The van der Waals surface area contributed by atoms with E-state index in [1.165, 1.54) is 11.3 Å². The van der Waals surface area contributed by atoms with E-state index < -0.39 is 12.6 Å². The number of aromatic nitrogens is 3. The van der Waals surface area contributed by atoms with E-state index in [0.717, 1.165) is 5.56 Å². The number of Topliss-reactive ketones (excluding diaryl/α,β-unsaturated/α-hetero) is 1. The van der Waals surface area contributed by atoms with Crippen LogP contribution in [0.25, 0.3) is 10.6 Å². The van der Waals surface area contributed by atoms with Crippen molar-refractivity contribution in [3.63, 3.8) is 0 Å². The predicted molar refractivity (Wildman–Crippen MR) is 113 cm³/mol. The highest BCUT2D eigenvalue weighted by Crippen LogP contribution is 2.23. The summed E-state index contributed by atoms with van der Waals surface area (Å²) in [4.78, 5) is 40.5. The number of nitrogens with one attached hydrogen (secondary N) is 1. The van der Waals surface area contributed by atoms with Crippen LogP contribution in [0, 0.1) is 5.92 Å². The number of rotatable bonds is 8. The van der Waals surface area contributed by atoms with Crippen LogP contribution in [0.15, 0.2) is 42.0 Å². The molecule has 2 aromatic heterocycles. The number of hydrogen-bond acceptors (Lipinski definition) is 7. The van der Waals surface area contributed by atoms with Gasteiger partial charge in [-0.25, -0.2) is 9.78 Å². The molecule has 0 saturated heterocycles. The van der Waals surface area contributed by atoms with Gasteiger partial charge >= 0.3 is 5.97 Å². The first kappa shape index (κ1) is 21.4. The molecule has 1 N–H and O–H groups in total. The molecule has 30 heavy (non-hydrogen) atoms. The Kier molecular flexibility index (Phi) is 6.73. The van der Waals surface area contributed by atoms with Crippen LogP contribution in [0.2, 0.25) is 0 Å². The van der Waals surface area contributed by atoms with Crippen LogP contribution in [-0.2, 0) is 16.6 Å². The average molecular weight is 426 g/mol.